The molecule has 1 aliphatic heterocycles. The van der Waals surface area contributed by atoms with Gasteiger partial charge in [-0.3, -0.25) is 0 Å². The molecule has 0 fully saturated rings. The molecular formula is C47H28O. The average molecular weight is 609 g/mol. The molecule has 11 rings (SSSR count). The average Bonchev–Trinajstić information content (AvgIpc) is 3.63. The lowest BCUT2D eigenvalue weighted by Gasteiger charge is -2.30. The number of hydrogen-bond donors (Lipinski definition) is 0. The molecule has 222 valence electrons. The molecule has 0 N–H and O–H groups in total. The smallest absolute Gasteiger partial charge is 0.135 e. The first-order chi connectivity index (χ1) is 23.8. The Kier molecular flexibility index (Phi) is 5.10. The molecule has 0 saturated heterocycles. The van der Waals surface area contributed by atoms with E-state index in [-0.39, 0.29) is 5.41 Å². The first-order valence-corrected chi connectivity index (χ1v) is 16.7. The molecule has 0 aromatic heterocycles. The second-order valence-electron chi connectivity index (χ2n) is 13.1. The van der Waals surface area contributed by atoms with Gasteiger partial charge in [-0.25, -0.2) is 0 Å². The van der Waals surface area contributed by atoms with E-state index in [1.807, 2.05) is 0 Å². The highest BCUT2D eigenvalue weighted by Crippen LogP contribution is 2.64. The van der Waals surface area contributed by atoms with Crippen LogP contribution < -0.4 is 4.74 Å². The third kappa shape index (κ3) is 3.21. The number of ether oxygens (including phenoxy) is 1. The fourth-order valence-corrected chi connectivity index (χ4v) is 9.05. The lowest BCUT2D eigenvalue weighted by atomic mass is 9.70. The minimum Gasteiger partial charge on any atom is -0.456 e. The van der Waals surface area contributed by atoms with Gasteiger partial charge in [-0.1, -0.05) is 152 Å². The Morgan fingerprint density at radius 1 is 0.333 bits per heavy atom. The second-order valence-corrected chi connectivity index (χ2v) is 13.1. The van der Waals surface area contributed by atoms with Gasteiger partial charge in [0.1, 0.15) is 11.5 Å². The molecule has 0 unspecified atom stereocenters. The Balaban J connectivity index is 1.16. The molecule has 0 amide bonds. The van der Waals surface area contributed by atoms with Crippen LogP contribution in [0, 0.1) is 0 Å². The van der Waals surface area contributed by atoms with Crippen LogP contribution in [0.15, 0.2) is 170 Å². The molecule has 1 heterocycles. The van der Waals surface area contributed by atoms with Gasteiger partial charge >= 0.3 is 0 Å². The summed E-state index contributed by atoms with van der Waals surface area (Å²) in [6.07, 6.45) is 0. The summed E-state index contributed by atoms with van der Waals surface area (Å²) in [5.41, 5.74) is 17.6. The molecule has 48 heavy (non-hydrogen) atoms. The van der Waals surface area contributed by atoms with E-state index in [1.54, 1.807) is 0 Å². The molecular weight excluding hydrogens is 581 g/mol. The second kappa shape index (κ2) is 9.44. The molecule has 8 aromatic carbocycles. The van der Waals surface area contributed by atoms with Crippen LogP contribution in [0.25, 0.3) is 66.4 Å². The van der Waals surface area contributed by atoms with Crippen LogP contribution >= 0.6 is 0 Å². The quantitative estimate of drug-likeness (QED) is 0.190. The van der Waals surface area contributed by atoms with Gasteiger partial charge < -0.3 is 4.74 Å². The molecule has 1 spiro atoms. The summed E-state index contributed by atoms with van der Waals surface area (Å²) in [5, 5.41) is 2.38. The SMILES string of the molecule is c1ccc(-c2ccc3c4c(cccc24)-c2cc(-c4cccc5c4-c4ccccc4C54c5ccccc5-c5ccccc54)ccc2O3)cc1. The lowest BCUT2D eigenvalue weighted by Crippen LogP contribution is -2.25. The monoisotopic (exact) mass is 608 g/mol. The fraction of sp³-hybridized carbons (Fsp3) is 0.0213. The number of hydrogen-bond acceptors (Lipinski definition) is 1. The highest BCUT2D eigenvalue weighted by molar-refractivity contribution is 6.10. The van der Waals surface area contributed by atoms with Gasteiger partial charge in [-0.15, -0.1) is 0 Å². The zero-order chi connectivity index (χ0) is 31.4. The molecule has 0 saturated carbocycles. The maximum atomic E-state index is 6.63. The molecule has 0 bridgehead atoms. The van der Waals surface area contributed by atoms with Crippen LogP contribution in [0.5, 0.6) is 11.5 Å². The maximum absolute atomic E-state index is 6.63. The highest BCUT2D eigenvalue weighted by Gasteiger charge is 2.51. The van der Waals surface area contributed by atoms with Crippen LogP contribution in [-0.2, 0) is 5.41 Å². The van der Waals surface area contributed by atoms with Crippen molar-refractivity contribution in [2.45, 2.75) is 5.41 Å². The maximum Gasteiger partial charge on any atom is 0.135 e. The first-order valence-electron chi connectivity index (χ1n) is 16.7. The molecule has 0 radical (unpaired) electrons. The summed E-state index contributed by atoms with van der Waals surface area (Å²) >= 11 is 0. The Bertz CT molecular complexity index is 2600. The summed E-state index contributed by atoms with van der Waals surface area (Å²) in [4.78, 5) is 0. The van der Waals surface area contributed by atoms with Gasteiger partial charge in [-0.05, 0) is 95.9 Å². The minimum atomic E-state index is -0.356. The zero-order valence-electron chi connectivity index (χ0n) is 26.1. The van der Waals surface area contributed by atoms with Gasteiger partial charge in [0.05, 0.1) is 5.41 Å². The van der Waals surface area contributed by atoms with Crippen LogP contribution in [-0.4, -0.2) is 0 Å². The van der Waals surface area contributed by atoms with Crippen molar-refractivity contribution in [3.63, 3.8) is 0 Å². The predicted molar refractivity (Wildman–Crippen MR) is 197 cm³/mol. The van der Waals surface area contributed by atoms with Crippen LogP contribution in [0.2, 0.25) is 0 Å². The standard InChI is InChI=1S/C47H28O/c1-2-12-29(13-3-1)31-25-27-44-46-35(31)18-10-19-36(46)38-28-30(24-26-43(38)48-44)32-17-11-23-42-45(32)37-16-6-9-22-41(37)47(42)39-20-7-4-14-33(39)34-15-5-8-21-40(34)47/h1-28H. The lowest BCUT2D eigenvalue weighted by molar-refractivity contribution is 0.487. The minimum absolute atomic E-state index is 0.356. The molecule has 1 heteroatoms. The zero-order valence-corrected chi connectivity index (χ0v) is 26.1. The summed E-state index contributed by atoms with van der Waals surface area (Å²) in [7, 11) is 0. The predicted octanol–water partition coefficient (Wildman–Crippen LogP) is 12.3. The number of benzene rings is 8. The van der Waals surface area contributed by atoms with E-state index in [4.69, 9.17) is 4.74 Å². The summed E-state index contributed by atoms with van der Waals surface area (Å²) < 4.78 is 6.63. The van der Waals surface area contributed by atoms with E-state index in [0.717, 1.165) is 17.1 Å². The van der Waals surface area contributed by atoms with Gasteiger partial charge in [-0.2, -0.15) is 0 Å². The van der Waals surface area contributed by atoms with Crippen molar-refractivity contribution in [3.05, 3.63) is 192 Å². The van der Waals surface area contributed by atoms with E-state index < -0.39 is 0 Å². The Hall–Kier alpha value is -6.18. The topological polar surface area (TPSA) is 9.23 Å². The van der Waals surface area contributed by atoms with Crippen molar-refractivity contribution in [1.82, 2.24) is 0 Å². The van der Waals surface area contributed by atoms with Gasteiger partial charge in [0.2, 0.25) is 0 Å². The Morgan fingerprint density at radius 2 is 0.917 bits per heavy atom. The van der Waals surface area contributed by atoms with Gasteiger partial charge in [0.15, 0.2) is 0 Å². The van der Waals surface area contributed by atoms with E-state index in [0.29, 0.717) is 0 Å². The van der Waals surface area contributed by atoms with Crippen molar-refractivity contribution >= 4 is 10.8 Å². The Morgan fingerprint density at radius 3 is 1.69 bits per heavy atom. The third-order valence-electron chi connectivity index (χ3n) is 10.9. The Labute approximate surface area is 279 Å². The van der Waals surface area contributed by atoms with Crippen LogP contribution in [0.1, 0.15) is 22.3 Å². The normalized spacial score (nSPS) is 13.8. The van der Waals surface area contributed by atoms with Gasteiger partial charge in [0.25, 0.3) is 0 Å². The highest BCUT2D eigenvalue weighted by atomic mass is 16.5. The summed E-state index contributed by atoms with van der Waals surface area (Å²) in [6.45, 7) is 0. The molecule has 2 aliphatic carbocycles. The third-order valence-corrected chi connectivity index (χ3v) is 10.9. The first kappa shape index (κ1) is 25.9. The van der Waals surface area contributed by atoms with Crippen molar-refractivity contribution in [1.29, 1.82) is 0 Å². The number of fused-ring (bicyclic) bond motifs is 12. The summed E-state index contributed by atoms with van der Waals surface area (Å²) in [5.74, 6) is 1.81. The largest absolute Gasteiger partial charge is 0.456 e. The van der Waals surface area contributed by atoms with Crippen molar-refractivity contribution in [3.8, 4) is 67.1 Å². The molecule has 1 nitrogen and oxygen atoms in total. The van der Waals surface area contributed by atoms with E-state index in [9.17, 15) is 0 Å². The van der Waals surface area contributed by atoms with Crippen molar-refractivity contribution in [2.24, 2.45) is 0 Å². The molecule has 3 aliphatic rings. The van der Waals surface area contributed by atoms with Crippen LogP contribution in [0.3, 0.4) is 0 Å². The van der Waals surface area contributed by atoms with E-state index >= 15 is 0 Å². The van der Waals surface area contributed by atoms with Crippen LogP contribution in [0.4, 0.5) is 0 Å². The fourth-order valence-electron chi connectivity index (χ4n) is 9.05. The van der Waals surface area contributed by atoms with E-state index in [1.165, 1.54) is 83.1 Å². The van der Waals surface area contributed by atoms with Gasteiger partial charge in [0, 0.05) is 10.9 Å². The summed E-state index contributed by atoms with van der Waals surface area (Å²) in [6, 6.07) is 62.3. The van der Waals surface area contributed by atoms with Crippen molar-refractivity contribution < 1.29 is 4.74 Å². The van der Waals surface area contributed by atoms with E-state index in [2.05, 4.69) is 170 Å². The van der Waals surface area contributed by atoms with Crippen molar-refractivity contribution in [2.75, 3.05) is 0 Å². The number of rotatable bonds is 2. The molecule has 0 atom stereocenters. The molecule has 8 aromatic rings.